The third-order valence-corrected chi connectivity index (χ3v) is 29.5. The third-order valence-electron chi connectivity index (χ3n) is 23.0. The maximum Gasteiger partial charge on any atom is 0.472 e. The van der Waals surface area contributed by atoms with E-state index in [0.29, 0.717) is 39.1 Å². The molecule has 12 aromatic rings. The average molecular weight is 2050 g/mol. The number of anilines is 6. The van der Waals surface area contributed by atoms with Crippen LogP contribution in [0, 0.1) is 5.92 Å². The number of aromatic nitrogens is 19. The van der Waals surface area contributed by atoms with E-state index in [0.717, 1.165) is 6.33 Å². The number of nitrogens with two attached hydrogens (primary N) is 7. The molecule has 6 bridgehead atoms. The minimum atomic E-state index is -5.07. The first kappa shape index (κ1) is 95.4. The molecular formula is C66H80N26O37P6S. The molecule has 12 aromatic heterocycles. The van der Waals surface area contributed by atoms with Crippen molar-refractivity contribution in [1.29, 1.82) is 0 Å². The van der Waals surface area contributed by atoms with Gasteiger partial charge in [-0.1, -0.05) is 0 Å². The second-order valence-electron chi connectivity index (χ2n) is 31.5. The predicted octanol–water partition coefficient (Wildman–Crippen LogP) is -3.67. The van der Waals surface area contributed by atoms with Gasteiger partial charge in [0.15, 0.2) is 76.6 Å². The van der Waals surface area contributed by atoms with E-state index in [-0.39, 0.29) is 69.0 Å². The summed E-state index contributed by atoms with van der Waals surface area (Å²) >= 11 is 5.18. The number of rotatable bonds is 7. The summed E-state index contributed by atoms with van der Waals surface area (Å²) in [5.74, 6) is -1.67. The van der Waals surface area contributed by atoms with Gasteiger partial charge in [-0.25, -0.2) is 57.7 Å². The summed E-state index contributed by atoms with van der Waals surface area (Å²) in [6.45, 7) is -8.75. The highest BCUT2D eigenvalue weighted by Crippen LogP contribution is 2.59. The van der Waals surface area contributed by atoms with E-state index in [4.69, 9.17) is 135 Å². The largest absolute Gasteiger partial charge is 0.472 e. The van der Waals surface area contributed by atoms with E-state index in [9.17, 15) is 92.1 Å². The molecule has 0 aliphatic carbocycles. The summed E-state index contributed by atoms with van der Waals surface area (Å²) in [6, 6.07) is 7.63. The number of phosphoric acid groups is 5. The molecule has 732 valence electrons. The van der Waals surface area contributed by atoms with Gasteiger partial charge in [0.25, 0.3) is 16.7 Å². The first-order valence-electron chi connectivity index (χ1n) is 40.1. The van der Waals surface area contributed by atoms with Gasteiger partial charge in [0.1, 0.15) is 114 Å². The highest BCUT2D eigenvalue weighted by atomic mass is 32.5. The second-order valence-corrected chi connectivity index (χ2v) is 41.3. The second kappa shape index (κ2) is 36.3. The smallest absolute Gasteiger partial charge is 0.398 e. The standard InChI is InChI=1S/C23H27N7O13P2.C22H28N10O12P2.C21H25N9O12P2S/c24-11-1-4-26-18-9(11)2-5-29(18)21-15(32)16-13(41-21)8-39-45(36,37)43-17-14(31)12(7-38-44(34,35)42-16)40-22(17)30-6-3-10-19(30)27-23(25)28-20(10)33;23-3-8-10-4-39-46(37,38)44-16-11(42-20(14(16)33)31-6-27-12-9(24)1-2-26-17(12)31)5-40-45(35,36)43-15(8)21(41-10)32-7-28-13-18(32)29-22(25)30-19(13)34;22-7-1-2-24-16-10(7)25-5-29(16)19-13(32)14-9(40-19)4-37-43(34,35)41-15-12(31)8(3-38-44(36,45)42-14)39-20(15)30-6-26-11-17(30)27-21(23)28-18(11)33/h1-6,12-17,21-22,31-32H,7-8H2,(H2,24,26)(H,34,35)(H,36,37)(H3,25,27,28,33);1-2,6-8,10-11,14-16,20-21,33H,3-5,23H2,(H2,24,26)(H,35,36)(H,37,38)(H3,25,29,30,34);1-2,5-6,8-9,12-15,19-20,31-32H,3-4H2,(H2,22,24)(H,34,35)(H,36,45)(H3,23,27,28,33)/t12-,13-,14-,15-,16-,17-,21-,22-;8-,10-,11-,14-,15-,16-,20-,21-;8-,9-,12-,13-,14-,15-,19-,20-,44?/m111/s1. The van der Waals surface area contributed by atoms with Crippen LogP contribution in [0.1, 0.15) is 37.4 Å². The van der Waals surface area contributed by atoms with Crippen LogP contribution in [-0.2, 0) is 117 Å². The highest BCUT2D eigenvalue weighted by Gasteiger charge is 2.59. The number of hydrogen-bond acceptors (Lipinski definition) is 49. The SMILES string of the molecule is NC[C@H]1[C@H]2OP(=O)(O)OC[C@H]3O[C@@H](n4cnc5c(N)ccnc54)[C@H](O)[C@@H]3OP(=O)(O)OC[C@H]1O[C@H]2n1cnc2c(=O)[nH]c(N)nc21.Nc1nc2c(ccn2[C@@H]2O[C@@H]3COP(=O)(O)O[C@H]4[C@@H](O)[C@H](n5ccc6c(N)ccnc65)O[C@@H]4COP(=O)(O)O[C@@H]2[C@@H]3O)c(=O)[nH]1.Nc1nc2c(ncn2[C@@H]2O[C@@H]3COP(O)(=S)O[C@H]4[C@@H](O)[C@H](n5cnc6c(N)ccnc65)O[C@@H]4COP(=O)(O)O[C@@H]2[C@@H]3O)c(=O)[nH]1. The molecule has 9 aliphatic heterocycles. The van der Waals surface area contributed by atoms with E-state index < -0.39 is 249 Å². The monoisotopic (exact) mass is 2050 g/mol. The zero-order valence-corrected chi connectivity index (χ0v) is 74.9. The van der Waals surface area contributed by atoms with E-state index in [1.165, 1.54) is 95.6 Å². The van der Waals surface area contributed by atoms with E-state index >= 15 is 0 Å². The van der Waals surface area contributed by atoms with Crippen LogP contribution in [-0.4, -0.2) is 297 Å². The van der Waals surface area contributed by atoms with Gasteiger partial charge >= 0.3 is 45.8 Å². The van der Waals surface area contributed by atoms with Crippen LogP contribution in [0.15, 0.2) is 101 Å². The fourth-order valence-corrected chi connectivity index (χ4v) is 23.0. The lowest BCUT2D eigenvalue weighted by Crippen LogP contribution is -2.36. The molecular weight excluding hydrogens is 1970 g/mol. The summed E-state index contributed by atoms with van der Waals surface area (Å²) in [7, 11) is -25.2. The maximum atomic E-state index is 13.4. The number of H-pyrrole nitrogens is 3. The van der Waals surface area contributed by atoms with Crippen molar-refractivity contribution < 1.29 is 160 Å². The molecule has 63 nitrogen and oxygen atoms in total. The maximum absolute atomic E-state index is 13.4. The van der Waals surface area contributed by atoms with Gasteiger partial charge < -0.3 is 137 Å². The molecule has 9 aliphatic rings. The fraction of sp³-hybridized carbons (Fsp3) is 0.470. The highest BCUT2D eigenvalue weighted by molar-refractivity contribution is 8.07. The molecule has 6 unspecified atom stereocenters. The number of nitrogens with zero attached hydrogens (tertiary/aromatic N) is 16. The van der Waals surface area contributed by atoms with Crippen molar-refractivity contribution in [3.8, 4) is 0 Å². The van der Waals surface area contributed by atoms with Crippen LogP contribution in [0.25, 0.3) is 66.7 Å². The van der Waals surface area contributed by atoms with Gasteiger partial charge in [-0.2, -0.15) is 15.0 Å². The van der Waals surface area contributed by atoms with Gasteiger partial charge in [0.05, 0.1) is 87.8 Å². The number of aliphatic hydroxyl groups is 5. The quantitative estimate of drug-likeness (QED) is 0.0684. The number of ether oxygens (including phenoxy) is 6. The number of phosphoric ester groups is 5. The Bertz CT molecular complexity index is 6860. The van der Waals surface area contributed by atoms with Crippen molar-refractivity contribution in [2.75, 3.05) is 80.6 Å². The Kier molecular flexibility index (Phi) is 25.4. The fourth-order valence-electron chi connectivity index (χ4n) is 16.8. The number of aliphatic hydroxyl groups excluding tert-OH is 5. The lowest BCUT2D eigenvalue weighted by Gasteiger charge is -2.27. The zero-order valence-electron chi connectivity index (χ0n) is 68.7. The Morgan fingerprint density at radius 1 is 0.346 bits per heavy atom. The number of nitrogens with one attached hydrogen (secondary N) is 3. The number of imidazole rings is 4. The molecule has 9 saturated heterocycles. The summed E-state index contributed by atoms with van der Waals surface area (Å²) in [4.78, 5) is 150. The van der Waals surface area contributed by atoms with Crippen molar-refractivity contribution in [3.05, 3.63) is 118 Å². The van der Waals surface area contributed by atoms with Crippen molar-refractivity contribution in [3.63, 3.8) is 0 Å². The van der Waals surface area contributed by atoms with E-state index in [1.807, 2.05) is 0 Å². The third kappa shape index (κ3) is 18.2. The first-order valence-corrected chi connectivity index (χ1v) is 50.2. The molecule has 21 heterocycles. The molecule has 0 spiro atoms. The molecule has 30 atom stereocenters. The van der Waals surface area contributed by atoms with Gasteiger partial charge in [-0.15, -0.1) is 0 Å². The number of hydrogen-bond donors (Lipinski definition) is 21. The number of aromatic amines is 3. The van der Waals surface area contributed by atoms with Crippen molar-refractivity contribution in [1.82, 2.24) is 92.2 Å². The number of fused-ring (bicyclic) bond motifs is 15. The Morgan fingerprint density at radius 2 is 0.669 bits per heavy atom. The first-order chi connectivity index (χ1) is 64.5. The lowest BCUT2D eigenvalue weighted by atomic mass is 9.99. The molecule has 0 radical (unpaired) electrons. The summed E-state index contributed by atoms with van der Waals surface area (Å²) in [6.07, 6.45) is -21.6. The number of nitrogen functional groups attached to an aromatic ring is 6. The topological polar surface area (TPSA) is 913 Å². The van der Waals surface area contributed by atoms with Crippen LogP contribution in [0.5, 0.6) is 0 Å². The summed E-state index contributed by atoms with van der Waals surface area (Å²) in [5.41, 5.74) is 41.1. The van der Waals surface area contributed by atoms with Crippen molar-refractivity contribution >= 4 is 159 Å². The van der Waals surface area contributed by atoms with Gasteiger partial charge in [0.2, 0.25) is 17.8 Å². The Balaban J connectivity index is 0.000000131. The summed E-state index contributed by atoms with van der Waals surface area (Å²) in [5, 5.41) is 56.3. The Labute approximate surface area is 759 Å². The summed E-state index contributed by atoms with van der Waals surface area (Å²) < 4.78 is 174. The molecule has 0 aromatic carbocycles. The zero-order chi connectivity index (χ0) is 96.2. The van der Waals surface area contributed by atoms with Crippen LogP contribution in [0.2, 0.25) is 0 Å². The van der Waals surface area contributed by atoms with Crippen LogP contribution in [0.3, 0.4) is 0 Å². The number of pyridine rings is 3. The predicted molar refractivity (Wildman–Crippen MR) is 455 cm³/mol. The molecule has 28 N–H and O–H groups in total. The van der Waals surface area contributed by atoms with Gasteiger partial charge in [-0.3, -0.25) is 97.4 Å². The molecule has 21 rings (SSSR count). The molecule has 136 heavy (non-hydrogen) atoms. The Morgan fingerprint density at radius 3 is 1.12 bits per heavy atom. The lowest BCUT2D eigenvalue weighted by molar-refractivity contribution is -0.0671. The normalized spacial score (nSPS) is 37.5. The van der Waals surface area contributed by atoms with Gasteiger partial charge in [-0.05, 0) is 42.1 Å². The van der Waals surface area contributed by atoms with Crippen LogP contribution < -0.4 is 56.8 Å². The van der Waals surface area contributed by atoms with E-state index in [1.54, 1.807) is 12.1 Å². The minimum Gasteiger partial charge on any atom is -0.398 e. The van der Waals surface area contributed by atoms with Crippen LogP contribution in [0.4, 0.5) is 34.9 Å². The van der Waals surface area contributed by atoms with Crippen molar-refractivity contribution in [2.45, 2.75) is 141 Å². The molecule has 0 amide bonds. The Hall–Kier alpha value is -9.55. The molecule has 70 heteroatoms. The minimum absolute atomic E-state index is 0.00871. The van der Waals surface area contributed by atoms with Crippen molar-refractivity contribution in [2.24, 2.45) is 11.7 Å². The van der Waals surface area contributed by atoms with E-state index in [2.05, 4.69) is 64.8 Å². The average Bonchev–Trinajstić information content (AvgIpc) is 1.61. The molecule has 9 fully saturated rings. The molecule has 0 saturated carbocycles. The van der Waals surface area contributed by atoms with Gasteiger partial charge in [0, 0.05) is 54.5 Å². The van der Waals surface area contributed by atoms with Crippen LogP contribution >= 0.6 is 45.8 Å².